The van der Waals surface area contributed by atoms with Crippen molar-refractivity contribution >= 4 is 17.7 Å². The number of aryl methyl sites for hydroxylation is 1. The van der Waals surface area contributed by atoms with Crippen LogP contribution in [0.2, 0.25) is 0 Å². The van der Waals surface area contributed by atoms with Crippen LogP contribution in [-0.4, -0.2) is 36.0 Å². The summed E-state index contributed by atoms with van der Waals surface area (Å²) >= 11 is 1.75. The van der Waals surface area contributed by atoms with Crippen LogP contribution in [-0.2, 0) is 6.54 Å². The van der Waals surface area contributed by atoms with Gasteiger partial charge in [0.05, 0.1) is 12.1 Å². The highest BCUT2D eigenvalue weighted by molar-refractivity contribution is 7.98. The minimum atomic E-state index is -0.676. The van der Waals surface area contributed by atoms with Gasteiger partial charge in [-0.2, -0.15) is 0 Å². The third-order valence-electron chi connectivity index (χ3n) is 4.10. The Kier molecular flexibility index (Phi) is 8.48. The maximum Gasteiger partial charge on any atom is 0.191 e. The average molecular weight is 338 g/mol. The van der Waals surface area contributed by atoms with Crippen LogP contribution in [0.15, 0.2) is 28.1 Å². The number of aliphatic hydroxyl groups is 1. The molecule has 3 N–H and O–H groups in total. The molecule has 0 bridgehead atoms. The van der Waals surface area contributed by atoms with E-state index < -0.39 is 5.60 Å². The molecule has 0 heterocycles. The van der Waals surface area contributed by atoms with E-state index in [4.69, 9.17) is 0 Å². The van der Waals surface area contributed by atoms with Crippen molar-refractivity contribution in [3.8, 4) is 0 Å². The fourth-order valence-electron chi connectivity index (χ4n) is 2.24. The summed E-state index contributed by atoms with van der Waals surface area (Å²) in [5.74, 6) is 0.750. The molecular formula is C18H31N3OS. The van der Waals surface area contributed by atoms with Gasteiger partial charge in [0, 0.05) is 18.0 Å². The summed E-state index contributed by atoms with van der Waals surface area (Å²) in [4.78, 5) is 5.93. The predicted molar refractivity (Wildman–Crippen MR) is 101 cm³/mol. The Labute approximate surface area is 145 Å². The minimum Gasteiger partial charge on any atom is -0.388 e. The summed E-state index contributed by atoms with van der Waals surface area (Å²) in [5, 5.41) is 16.9. The van der Waals surface area contributed by atoms with Gasteiger partial charge in [-0.05, 0) is 50.1 Å². The standard InChI is InChI=1S/C18H31N3OS/c1-6-18(22,7-2)13-21-17(19-8-3)20-12-15-10-9-14(4)11-16(15)23-5/h9-11,22H,6-8,12-13H2,1-5H3,(H2,19,20,21). The molecule has 130 valence electrons. The Morgan fingerprint density at radius 1 is 1.22 bits per heavy atom. The lowest BCUT2D eigenvalue weighted by Gasteiger charge is -2.26. The van der Waals surface area contributed by atoms with Crippen molar-refractivity contribution in [2.24, 2.45) is 4.99 Å². The van der Waals surface area contributed by atoms with Crippen molar-refractivity contribution in [3.63, 3.8) is 0 Å². The minimum absolute atomic E-state index is 0.509. The predicted octanol–water partition coefficient (Wildman–Crippen LogP) is 3.32. The van der Waals surface area contributed by atoms with E-state index >= 15 is 0 Å². The molecule has 0 spiro atoms. The molecule has 0 unspecified atom stereocenters. The number of thioether (sulfide) groups is 1. The molecule has 0 aromatic heterocycles. The molecule has 0 atom stereocenters. The average Bonchev–Trinajstić information content (AvgIpc) is 2.57. The van der Waals surface area contributed by atoms with E-state index in [0.29, 0.717) is 13.1 Å². The molecule has 1 aromatic carbocycles. The van der Waals surface area contributed by atoms with Gasteiger partial charge in [-0.25, -0.2) is 4.99 Å². The second kappa shape index (κ2) is 9.83. The molecule has 1 aromatic rings. The van der Waals surface area contributed by atoms with Crippen LogP contribution in [0.3, 0.4) is 0 Å². The van der Waals surface area contributed by atoms with Gasteiger partial charge in [0.1, 0.15) is 0 Å². The number of aliphatic imine (C=N–C) groups is 1. The molecule has 23 heavy (non-hydrogen) atoms. The molecule has 0 radical (unpaired) electrons. The zero-order valence-electron chi connectivity index (χ0n) is 15.1. The fourth-order valence-corrected chi connectivity index (χ4v) is 2.94. The van der Waals surface area contributed by atoms with Gasteiger partial charge < -0.3 is 15.7 Å². The monoisotopic (exact) mass is 337 g/mol. The molecule has 0 fully saturated rings. The molecule has 0 aliphatic heterocycles. The fraction of sp³-hybridized carbons (Fsp3) is 0.611. The first kappa shape index (κ1) is 19.8. The van der Waals surface area contributed by atoms with Crippen LogP contribution < -0.4 is 10.6 Å². The molecular weight excluding hydrogens is 306 g/mol. The van der Waals surface area contributed by atoms with Gasteiger partial charge in [-0.3, -0.25) is 0 Å². The molecule has 0 saturated heterocycles. The second-order valence-electron chi connectivity index (χ2n) is 5.80. The largest absolute Gasteiger partial charge is 0.388 e. The summed E-state index contributed by atoms with van der Waals surface area (Å²) in [7, 11) is 0. The summed E-state index contributed by atoms with van der Waals surface area (Å²) in [5.41, 5.74) is 1.81. The zero-order chi connectivity index (χ0) is 17.3. The van der Waals surface area contributed by atoms with Crippen LogP contribution in [0, 0.1) is 6.92 Å². The molecule has 0 aliphatic carbocycles. The number of nitrogens with one attached hydrogen (secondary N) is 2. The Morgan fingerprint density at radius 3 is 2.48 bits per heavy atom. The highest BCUT2D eigenvalue weighted by Crippen LogP contribution is 2.22. The summed E-state index contributed by atoms with van der Waals surface area (Å²) in [6.07, 6.45) is 3.54. The van der Waals surface area contributed by atoms with E-state index in [2.05, 4.69) is 47.0 Å². The number of nitrogens with zero attached hydrogens (tertiary/aromatic N) is 1. The first-order valence-electron chi connectivity index (χ1n) is 8.36. The van der Waals surface area contributed by atoms with Crippen molar-refractivity contribution in [1.29, 1.82) is 0 Å². The van der Waals surface area contributed by atoms with Crippen LogP contribution in [0.25, 0.3) is 0 Å². The first-order valence-corrected chi connectivity index (χ1v) is 9.58. The molecule has 0 amide bonds. The normalized spacial score (nSPS) is 12.3. The number of hydrogen-bond acceptors (Lipinski definition) is 3. The third-order valence-corrected chi connectivity index (χ3v) is 4.92. The lowest BCUT2D eigenvalue weighted by molar-refractivity contribution is 0.0367. The number of guanidine groups is 1. The SMILES string of the molecule is CCNC(=NCc1ccc(C)cc1SC)NCC(O)(CC)CC. The Balaban J connectivity index is 2.79. The molecule has 1 rings (SSSR count). The topological polar surface area (TPSA) is 56.7 Å². The Bertz CT molecular complexity index is 513. The van der Waals surface area contributed by atoms with Crippen LogP contribution >= 0.6 is 11.8 Å². The maximum atomic E-state index is 10.4. The highest BCUT2D eigenvalue weighted by atomic mass is 32.2. The van der Waals surface area contributed by atoms with E-state index in [-0.39, 0.29) is 0 Å². The van der Waals surface area contributed by atoms with E-state index in [1.165, 1.54) is 16.0 Å². The van der Waals surface area contributed by atoms with Crippen molar-refractivity contribution in [2.45, 2.75) is 57.6 Å². The third kappa shape index (κ3) is 6.43. The maximum absolute atomic E-state index is 10.4. The highest BCUT2D eigenvalue weighted by Gasteiger charge is 2.22. The van der Waals surface area contributed by atoms with Gasteiger partial charge in [-0.1, -0.05) is 26.0 Å². The van der Waals surface area contributed by atoms with Gasteiger partial charge in [-0.15, -0.1) is 11.8 Å². The van der Waals surface area contributed by atoms with E-state index in [9.17, 15) is 5.11 Å². The number of benzene rings is 1. The number of hydrogen-bond donors (Lipinski definition) is 3. The summed E-state index contributed by atoms with van der Waals surface area (Å²) in [6.45, 7) is 10.1. The van der Waals surface area contributed by atoms with E-state index in [1.54, 1.807) is 11.8 Å². The summed E-state index contributed by atoms with van der Waals surface area (Å²) in [6, 6.07) is 6.46. The van der Waals surface area contributed by atoms with Gasteiger partial charge in [0.15, 0.2) is 5.96 Å². The number of rotatable bonds is 8. The van der Waals surface area contributed by atoms with Gasteiger partial charge >= 0.3 is 0 Å². The van der Waals surface area contributed by atoms with Gasteiger partial charge in [0.25, 0.3) is 0 Å². The lowest BCUT2D eigenvalue weighted by atomic mass is 9.98. The van der Waals surface area contributed by atoms with Crippen molar-refractivity contribution < 1.29 is 5.11 Å². The molecule has 0 aliphatic rings. The Hall–Kier alpha value is -1.20. The van der Waals surface area contributed by atoms with E-state index in [1.807, 2.05) is 20.8 Å². The second-order valence-corrected chi connectivity index (χ2v) is 6.64. The Morgan fingerprint density at radius 2 is 1.91 bits per heavy atom. The summed E-state index contributed by atoms with van der Waals surface area (Å²) < 4.78 is 0. The lowest BCUT2D eigenvalue weighted by Crippen LogP contribution is -2.46. The molecule has 5 heteroatoms. The van der Waals surface area contributed by atoms with Crippen molar-refractivity contribution in [3.05, 3.63) is 29.3 Å². The van der Waals surface area contributed by atoms with Gasteiger partial charge in [0.2, 0.25) is 0 Å². The van der Waals surface area contributed by atoms with E-state index in [0.717, 1.165) is 25.3 Å². The smallest absolute Gasteiger partial charge is 0.191 e. The van der Waals surface area contributed by atoms with Crippen LogP contribution in [0.4, 0.5) is 0 Å². The molecule has 0 saturated carbocycles. The van der Waals surface area contributed by atoms with Crippen LogP contribution in [0.1, 0.15) is 44.7 Å². The first-order chi connectivity index (χ1) is 11.0. The van der Waals surface area contributed by atoms with Crippen molar-refractivity contribution in [1.82, 2.24) is 10.6 Å². The zero-order valence-corrected chi connectivity index (χ0v) is 15.9. The van der Waals surface area contributed by atoms with Crippen molar-refractivity contribution in [2.75, 3.05) is 19.3 Å². The quantitative estimate of drug-likeness (QED) is 0.387. The molecule has 4 nitrogen and oxygen atoms in total. The van der Waals surface area contributed by atoms with Crippen LogP contribution in [0.5, 0.6) is 0 Å².